The van der Waals surface area contributed by atoms with Crippen LogP contribution in [0, 0.1) is 0 Å². The van der Waals surface area contributed by atoms with Crippen molar-refractivity contribution in [2.75, 3.05) is 7.11 Å². The van der Waals surface area contributed by atoms with E-state index in [-0.39, 0.29) is 5.78 Å². The largest absolute Gasteiger partial charge is 0.497 e. The first-order valence-corrected chi connectivity index (χ1v) is 6.67. The Morgan fingerprint density at radius 2 is 1.75 bits per heavy atom. The summed E-state index contributed by atoms with van der Waals surface area (Å²) in [4.78, 5) is 12.0. The SMILES string of the molecule is COc1ccc(C(=O)/C=C\c2ccc(Cl)c(Cl)c2)cc1. The number of methoxy groups -OCH3 is 1. The van der Waals surface area contributed by atoms with Crippen molar-refractivity contribution in [2.24, 2.45) is 0 Å². The Kier molecular flexibility index (Phi) is 4.83. The molecule has 0 saturated carbocycles. The zero-order valence-electron chi connectivity index (χ0n) is 10.8. The van der Waals surface area contributed by atoms with Gasteiger partial charge in [0.25, 0.3) is 0 Å². The molecule has 0 amide bonds. The number of ether oxygens (including phenoxy) is 1. The number of hydrogen-bond donors (Lipinski definition) is 0. The third kappa shape index (κ3) is 3.62. The number of ketones is 1. The molecule has 0 saturated heterocycles. The standard InChI is InChI=1S/C16H12Cl2O2/c1-20-13-6-4-12(5-7-13)16(19)9-3-11-2-8-14(17)15(18)10-11/h2-10H,1H3/b9-3-. The summed E-state index contributed by atoms with van der Waals surface area (Å²) in [5.74, 6) is 0.633. The Bertz CT molecular complexity index is 646. The first-order valence-electron chi connectivity index (χ1n) is 5.91. The molecule has 0 aromatic heterocycles. The highest BCUT2D eigenvalue weighted by Crippen LogP contribution is 2.23. The van der Waals surface area contributed by atoms with Gasteiger partial charge in [-0.05, 0) is 48.0 Å². The van der Waals surface area contributed by atoms with Gasteiger partial charge in [0.2, 0.25) is 0 Å². The van der Waals surface area contributed by atoms with E-state index >= 15 is 0 Å². The molecular weight excluding hydrogens is 295 g/mol. The first kappa shape index (κ1) is 14.6. The molecular formula is C16H12Cl2O2. The molecule has 0 unspecified atom stereocenters. The highest BCUT2D eigenvalue weighted by molar-refractivity contribution is 6.42. The lowest BCUT2D eigenvalue weighted by atomic mass is 10.1. The van der Waals surface area contributed by atoms with Gasteiger partial charge in [-0.15, -0.1) is 0 Å². The predicted molar refractivity (Wildman–Crippen MR) is 82.8 cm³/mol. The van der Waals surface area contributed by atoms with Crippen LogP contribution in [0.2, 0.25) is 10.0 Å². The minimum absolute atomic E-state index is 0.0845. The molecule has 2 nitrogen and oxygen atoms in total. The molecule has 2 aromatic rings. The summed E-state index contributed by atoms with van der Waals surface area (Å²) >= 11 is 11.7. The van der Waals surface area contributed by atoms with Gasteiger partial charge in [0.05, 0.1) is 17.2 Å². The van der Waals surface area contributed by atoms with Gasteiger partial charge < -0.3 is 4.74 Å². The van der Waals surface area contributed by atoms with Crippen LogP contribution in [0.3, 0.4) is 0 Å². The number of rotatable bonds is 4. The fourth-order valence-corrected chi connectivity index (χ4v) is 1.95. The highest BCUT2D eigenvalue weighted by atomic mass is 35.5. The van der Waals surface area contributed by atoms with E-state index in [9.17, 15) is 4.79 Å². The second-order valence-corrected chi connectivity index (χ2v) is 4.91. The topological polar surface area (TPSA) is 26.3 Å². The Morgan fingerprint density at radius 1 is 1.05 bits per heavy atom. The van der Waals surface area contributed by atoms with Gasteiger partial charge >= 0.3 is 0 Å². The molecule has 0 aliphatic carbocycles. The zero-order chi connectivity index (χ0) is 14.5. The molecule has 0 spiro atoms. The van der Waals surface area contributed by atoms with E-state index in [0.29, 0.717) is 15.6 Å². The molecule has 0 radical (unpaired) electrons. The molecule has 0 fully saturated rings. The van der Waals surface area contributed by atoms with E-state index in [4.69, 9.17) is 27.9 Å². The van der Waals surface area contributed by atoms with Crippen LogP contribution in [0.1, 0.15) is 15.9 Å². The van der Waals surface area contributed by atoms with E-state index in [2.05, 4.69) is 0 Å². The number of hydrogen-bond acceptors (Lipinski definition) is 2. The molecule has 0 aliphatic heterocycles. The normalized spacial score (nSPS) is 10.8. The van der Waals surface area contributed by atoms with Crippen molar-refractivity contribution in [3.63, 3.8) is 0 Å². The van der Waals surface area contributed by atoms with Crippen LogP contribution in [0.5, 0.6) is 5.75 Å². The van der Waals surface area contributed by atoms with Crippen LogP contribution >= 0.6 is 23.2 Å². The van der Waals surface area contributed by atoms with Gasteiger partial charge in [-0.1, -0.05) is 35.3 Å². The lowest BCUT2D eigenvalue weighted by Gasteiger charge is -2.00. The van der Waals surface area contributed by atoms with E-state index in [1.165, 1.54) is 6.08 Å². The Morgan fingerprint density at radius 3 is 2.35 bits per heavy atom. The smallest absolute Gasteiger partial charge is 0.185 e. The van der Waals surface area contributed by atoms with Gasteiger partial charge in [-0.2, -0.15) is 0 Å². The molecule has 102 valence electrons. The molecule has 0 aliphatic rings. The minimum atomic E-state index is -0.0845. The van der Waals surface area contributed by atoms with Crippen molar-refractivity contribution in [2.45, 2.75) is 0 Å². The van der Waals surface area contributed by atoms with Crippen molar-refractivity contribution in [3.8, 4) is 5.75 Å². The summed E-state index contributed by atoms with van der Waals surface area (Å²) < 4.78 is 5.05. The van der Waals surface area contributed by atoms with Gasteiger partial charge in [-0.3, -0.25) is 4.79 Å². The molecule has 2 aromatic carbocycles. The summed E-state index contributed by atoms with van der Waals surface area (Å²) in [6.07, 6.45) is 3.20. The number of benzene rings is 2. The summed E-state index contributed by atoms with van der Waals surface area (Å²) in [7, 11) is 1.58. The fraction of sp³-hybridized carbons (Fsp3) is 0.0625. The van der Waals surface area contributed by atoms with Crippen molar-refractivity contribution in [3.05, 3.63) is 69.7 Å². The lowest BCUT2D eigenvalue weighted by molar-refractivity contribution is 0.104. The maximum atomic E-state index is 12.0. The number of carbonyl (C=O) groups excluding carboxylic acids is 1. The molecule has 2 rings (SSSR count). The Hall–Kier alpha value is -1.77. The quantitative estimate of drug-likeness (QED) is 0.593. The van der Waals surface area contributed by atoms with Gasteiger partial charge in [-0.25, -0.2) is 0 Å². The van der Waals surface area contributed by atoms with Gasteiger partial charge in [0.15, 0.2) is 5.78 Å². The molecule has 20 heavy (non-hydrogen) atoms. The maximum absolute atomic E-state index is 12.0. The van der Waals surface area contributed by atoms with Gasteiger partial charge in [0, 0.05) is 5.56 Å². The summed E-state index contributed by atoms with van der Waals surface area (Å²) in [6, 6.07) is 12.1. The second-order valence-electron chi connectivity index (χ2n) is 4.10. The summed E-state index contributed by atoms with van der Waals surface area (Å²) in [5, 5.41) is 0.955. The number of allylic oxidation sites excluding steroid dienone is 1. The van der Waals surface area contributed by atoms with Crippen LogP contribution in [0.25, 0.3) is 6.08 Å². The van der Waals surface area contributed by atoms with E-state index in [0.717, 1.165) is 11.3 Å². The van der Waals surface area contributed by atoms with E-state index in [1.54, 1.807) is 55.7 Å². The monoisotopic (exact) mass is 306 g/mol. The van der Waals surface area contributed by atoms with Crippen molar-refractivity contribution < 1.29 is 9.53 Å². The molecule has 4 heteroatoms. The average molecular weight is 307 g/mol. The number of carbonyl (C=O) groups is 1. The molecule has 0 N–H and O–H groups in total. The van der Waals surface area contributed by atoms with Crippen LogP contribution < -0.4 is 4.74 Å². The first-order chi connectivity index (χ1) is 9.60. The van der Waals surface area contributed by atoms with Crippen LogP contribution in [0.15, 0.2) is 48.5 Å². The van der Waals surface area contributed by atoms with Crippen molar-refractivity contribution in [1.29, 1.82) is 0 Å². The van der Waals surface area contributed by atoms with Crippen molar-refractivity contribution in [1.82, 2.24) is 0 Å². The Labute approximate surface area is 127 Å². The summed E-state index contributed by atoms with van der Waals surface area (Å²) in [6.45, 7) is 0. The van der Waals surface area contributed by atoms with Crippen molar-refractivity contribution >= 4 is 35.1 Å². The maximum Gasteiger partial charge on any atom is 0.185 e. The number of halogens is 2. The third-order valence-corrected chi connectivity index (χ3v) is 3.48. The van der Waals surface area contributed by atoms with E-state index < -0.39 is 0 Å². The predicted octanol–water partition coefficient (Wildman–Crippen LogP) is 4.90. The van der Waals surface area contributed by atoms with Crippen LogP contribution in [0.4, 0.5) is 0 Å². The lowest BCUT2D eigenvalue weighted by Crippen LogP contribution is -1.94. The second kappa shape index (κ2) is 6.60. The van der Waals surface area contributed by atoms with Crippen LogP contribution in [-0.4, -0.2) is 12.9 Å². The molecule has 0 heterocycles. The highest BCUT2D eigenvalue weighted by Gasteiger charge is 2.02. The van der Waals surface area contributed by atoms with E-state index in [1.807, 2.05) is 0 Å². The zero-order valence-corrected chi connectivity index (χ0v) is 12.3. The van der Waals surface area contributed by atoms with Crippen LogP contribution in [-0.2, 0) is 0 Å². The average Bonchev–Trinajstić information content (AvgIpc) is 2.48. The minimum Gasteiger partial charge on any atom is -0.497 e. The van der Waals surface area contributed by atoms with Gasteiger partial charge in [0.1, 0.15) is 5.75 Å². The third-order valence-electron chi connectivity index (χ3n) is 2.75. The summed E-state index contributed by atoms with van der Waals surface area (Å²) in [5.41, 5.74) is 1.42. The molecule has 0 bridgehead atoms. The molecule has 0 atom stereocenters. The Balaban J connectivity index is 2.13. The fourth-order valence-electron chi connectivity index (χ4n) is 1.64.